The van der Waals surface area contributed by atoms with E-state index in [2.05, 4.69) is 25.2 Å². The number of hydrogen-bond acceptors (Lipinski definition) is 1. The third-order valence-corrected chi connectivity index (χ3v) is 1.54. The molecule has 0 aromatic rings. The third kappa shape index (κ3) is 2.19. The molecule has 0 radical (unpaired) electrons. The molecule has 1 N–H and O–H groups in total. The second-order valence-electron chi connectivity index (χ2n) is 3.00. The second-order valence-corrected chi connectivity index (χ2v) is 3.00. The number of hydrogen-bond donors (Lipinski definition) is 1. The van der Waals surface area contributed by atoms with Crippen LogP contribution in [0.4, 0.5) is 0 Å². The maximum Gasteiger partial charge on any atom is 0.0165 e. The van der Waals surface area contributed by atoms with Gasteiger partial charge in [0.05, 0.1) is 0 Å². The molecule has 1 rings (SSSR count). The van der Waals surface area contributed by atoms with E-state index in [0.29, 0.717) is 0 Å². The quantitative estimate of drug-likeness (QED) is 0.524. The normalized spacial score (nSPS) is 24.1. The number of nitrogens with one attached hydrogen (secondary N) is 1. The van der Waals surface area contributed by atoms with E-state index in [0.717, 1.165) is 12.5 Å². The van der Waals surface area contributed by atoms with Gasteiger partial charge in [-0.1, -0.05) is 25.5 Å². The van der Waals surface area contributed by atoms with Crippen LogP contribution in [0.3, 0.4) is 0 Å². The lowest BCUT2D eigenvalue weighted by Gasteiger charge is -1.96. The van der Waals surface area contributed by atoms with Gasteiger partial charge in [0, 0.05) is 6.54 Å². The first-order chi connectivity index (χ1) is 4.29. The minimum Gasteiger partial charge on any atom is -0.313 e. The van der Waals surface area contributed by atoms with Crippen LogP contribution in [0.15, 0.2) is 11.6 Å². The monoisotopic (exact) mass is 125 g/mol. The van der Waals surface area contributed by atoms with Crippen molar-refractivity contribution < 1.29 is 0 Å². The molecule has 9 heavy (non-hydrogen) atoms. The summed E-state index contributed by atoms with van der Waals surface area (Å²) >= 11 is 0. The standard InChI is InChI=1S/C8H15N/c1-7(2)5-8-3-4-9-6-8/h5,7,9H,3-4,6H2,1-2H3/b8-5+. The molecule has 0 atom stereocenters. The van der Waals surface area contributed by atoms with Crippen LogP contribution in [0.25, 0.3) is 0 Å². The van der Waals surface area contributed by atoms with E-state index in [-0.39, 0.29) is 0 Å². The van der Waals surface area contributed by atoms with Gasteiger partial charge < -0.3 is 5.32 Å². The molecule has 0 spiro atoms. The van der Waals surface area contributed by atoms with Crippen LogP contribution in [0.1, 0.15) is 20.3 Å². The third-order valence-electron chi connectivity index (χ3n) is 1.54. The summed E-state index contributed by atoms with van der Waals surface area (Å²) < 4.78 is 0. The van der Waals surface area contributed by atoms with Crippen LogP contribution >= 0.6 is 0 Å². The first-order valence-electron chi connectivity index (χ1n) is 3.69. The fourth-order valence-corrected chi connectivity index (χ4v) is 1.20. The molecule has 0 aromatic heterocycles. The zero-order valence-electron chi connectivity index (χ0n) is 6.28. The molecule has 1 fully saturated rings. The van der Waals surface area contributed by atoms with Gasteiger partial charge in [-0.15, -0.1) is 0 Å². The average Bonchev–Trinajstić information content (AvgIpc) is 2.15. The Labute approximate surface area is 57.1 Å². The summed E-state index contributed by atoms with van der Waals surface area (Å²) in [6.07, 6.45) is 3.62. The fraction of sp³-hybridized carbons (Fsp3) is 0.750. The minimum atomic E-state index is 0.722. The van der Waals surface area contributed by atoms with E-state index in [1.807, 2.05) is 0 Å². The highest BCUT2D eigenvalue weighted by Gasteiger charge is 2.04. The maximum atomic E-state index is 3.31. The molecule has 1 nitrogen and oxygen atoms in total. The molecular formula is C8H15N. The van der Waals surface area contributed by atoms with Gasteiger partial charge >= 0.3 is 0 Å². The summed E-state index contributed by atoms with van der Waals surface area (Å²) in [6, 6.07) is 0. The highest BCUT2D eigenvalue weighted by molar-refractivity contribution is 5.09. The minimum absolute atomic E-state index is 0.722. The lowest BCUT2D eigenvalue weighted by Crippen LogP contribution is -2.04. The first-order valence-corrected chi connectivity index (χ1v) is 3.69. The molecular weight excluding hydrogens is 110 g/mol. The van der Waals surface area contributed by atoms with E-state index in [1.165, 1.54) is 13.0 Å². The average molecular weight is 125 g/mol. The summed E-state index contributed by atoms with van der Waals surface area (Å²) in [5.41, 5.74) is 1.59. The lowest BCUT2D eigenvalue weighted by molar-refractivity contribution is 0.816. The maximum absolute atomic E-state index is 3.31. The molecule has 1 saturated heterocycles. The van der Waals surface area contributed by atoms with E-state index < -0.39 is 0 Å². The van der Waals surface area contributed by atoms with Crippen LogP contribution in [0.5, 0.6) is 0 Å². The summed E-state index contributed by atoms with van der Waals surface area (Å²) in [4.78, 5) is 0. The van der Waals surface area contributed by atoms with Crippen LogP contribution in [0, 0.1) is 5.92 Å². The lowest BCUT2D eigenvalue weighted by atomic mass is 10.1. The van der Waals surface area contributed by atoms with Crippen LogP contribution in [0.2, 0.25) is 0 Å². The highest BCUT2D eigenvalue weighted by atomic mass is 14.9. The molecule has 0 unspecified atom stereocenters. The van der Waals surface area contributed by atoms with Crippen molar-refractivity contribution in [3.8, 4) is 0 Å². The smallest absolute Gasteiger partial charge is 0.0165 e. The molecule has 1 heteroatoms. The summed E-state index contributed by atoms with van der Waals surface area (Å²) in [7, 11) is 0. The van der Waals surface area contributed by atoms with Crippen LogP contribution in [-0.4, -0.2) is 13.1 Å². The summed E-state index contributed by atoms with van der Waals surface area (Å²) in [5, 5.41) is 3.31. The van der Waals surface area contributed by atoms with Crippen molar-refractivity contribution in [1.29, 1.82) is 0 Å². The predicted molar refractivity (Wildman–Crippen MR) is 40.4 cm³/mol. The molecule has 1 heterocycles. The molecule has 0 amide bonds. The van der Waals surface area contributed by atoms with E-state index in [4.69, 9.17) is 0 Å². The molecule has 52 valence electrons. The van der Waals surface area contributed by atoms with E-state index in [9.17, 15) is 0 Å². The largest absolute Gasteiger partial charge is 0.313 e. The number of rotatable bonds is 1. The Morgan fingerprint density at radius 2 is 2.33 bits per heavy atom. The van der Waals surface area contributed by atoms with Crippen molar-refractivity contribution in [2.24, 2.45) is 5.92 Å². The Balaban J connectivity index is 2.39. The van der Waals surface area contributed by atoms with Gasteiger partial charge in [0.2, 0.25) is 0 Å². The van der Waals surface area contributed by atoms with Gasteiger partial charge in [0.15, 0.2) is 0 Å². The van der Waals surface area contributed by atoms with Crippen LogP contribution in [-0.2, 0) is 0 Å². The van der Waals surface area contributed by atoms with E-state index >= 15 is 0 Å². The zero-order chi connectivity index (χ0) is 6.69. The Morgan fingerprint density at radius 3 is 2.78 bits per heavy atom. The van der Waals surface area contributed by atoms with Crippen molar-refractivity contribution in [3.63, 3.8) is 0 Å². The molecule has 1 aliphatic heterocycles. The van der Waals surface area contributed by atoms with Gasteiger partial charge in [-0.2, -0.15) is 0 Å². The van der Waals surface area contributed by atoms with E-state index in [1.54, 1.807) is 5.57 Å². The van der Waals surface area contributed by atoms with Crippen molar-refractivity contribution in [2.45, 2.75) is 20.3 Å². The van der Waals surface area contributed by atoms with Gasteiger partial charge in [-0.05, 0) is 18.9 Å². The first kappa shape index (κ1) is 6.81. The van der Waals surface area contributed by atoms with Crippen molar-refractivity contribution in [3.05, 3.63) is 11.6 Å². The van der Waals surface area contributed by atoms with Crippen molar-refractivity contribution in [1.82, 2.24) is 5.32 Å². The Bertz CT molecular complexity index is 106. The highest BCUT2D eigenvalue weighted by Crippen LogP contribution is 2.08. The number of allylic oxidation sites excluding steroid dienone is 1. The second kappa shape index (κ2) is 3.02. The Kier molecular flexibility index (Phi) is 2.29. The molecule has 0 bridgehead atoms. The van der Waals surface area contributed by atoms with Crippen LogP contribution < -0.4 is 5.32 Å². The Hall–Kier alpha value is -0.300. The van der Waals surface area contributed by atoms with Gasteiger partial charge in [0.25, 0.3) is 0 Å². The van der Waals surface area contributed by atoms with Crippen molar-refractivity contribution in [2.75, 3.05) is 13.1 Å². The van der Waals surface area contributed by atoms with Crippen molar-refractivity contribution >= 4 is 0 Å². The molecule has 0 saturated carbocycles. The summed E-state index contributed by atoms with van der Waals surface area (Å²) in [5.74, 6) is 0.722. The topological polar surface area (TPSA) is 12.0 Å². The fourth-order valence-electron chi connectivity index (χ4n) is 1.20. The molecule has 0 aromatic carbocycles. The SMILES string of the molecule is CC(C)/C=C1\CCNC1. The zero-order valence-corrected chi connectivity index (χ0v) is 6.28. The van der Waals surface area contributed by atoms with Gasteiger partial charge in [-0.3, -0.25) is 0 Å². The van der Waals surface area contributed by atoms with Gasteiger partial charge in [0.1, 0.15) is 0 Å². The molecule has 0 aliphatic carbocycles. The van der Waals surface area contributed by atoms with Gasteiger partial charge in [-0.25, -0.2) is 0 Å². The predicted octanol–water partition coefficient (Wildman–Crippen LogP) is 1.56. The summed E-state index contributed by atoms with van der Waals surface area (Å²) in [6.45, 7) is 6.76. The Morgan fingerprint density at radius 1 is 1.56 bits per heavy atom. The molecule has 1 aliphatic rings.